The molecule has 39 heavy (non-hydrogen) atoms. The van der Waals surface area contributed by atoms with E-state index in [1.807, 2.05) is 35.1 Å². The van der Waals surface area contributed by atoms with Crippen LogP contribution in [0.5, 0.6) is 0 Å². The third kappa shape index (κ3) is 5.90. The fourth-order valence-electron chi connectivity index (χ4n) is 5.07. The molecule has 1 fully saturated rings. The van der Waals surface area contributed by atoms with Crippen molar-refractivity contribution in [1.82, 2.24) is 25.0 Å². The number of hydrogen-bond acceptors (Lipinski definition) is 6. The SMILES string of the molecule is CC(C)n1nc(C(=O)NCc2ccc(NC(=O)N(C)C)cc2)c2c1CCN(c1ccc(C3CCCO3)cn1)C2. The third-order valence-electron chi connectivity index (χ3n) is 7.25. The van der Waals surface area contributed by atoms with E-state index in [0.717, 1.165) is 60.6 Å². The predicted molar refractivity (Wildman–Crippen MR) is 150 cm³/mol. The number of carbonyl (C=O) groups excluding carboxylic acids is 2. The molecule has 4 heterocycles. The van der Waals surface area contributed by atoms with E-state index in [9.17, 15) is 9.59 Å². The molecule has 2 aliphatic heterocycles. The molecule has 0 radical (unpaired) electrons. The number of anilines is 2. The Bertz CT molecular complexity index is 1310. The van der Waals surface area contributed by atoms with Gasteiger partial charge in [-0.1, -0.05) is 18.2 Å². The van der Waals surface area contributed by atoms with E-state index in [0.29, 0.717) is 24.5 Å². The van der Waals surface area contributed by atoms with Crippen molar-refractivity contribution in [3.63, 3.8) is 0 Å². The number of aromatic nitrogens is 3. The summed E-state index contributed by atoms with van der Waals surface area (Å²) in [6, 6.07) is 11.6. The number of nitrogens with one attached hydrogen (secondary N) is 2. The Morgan fingerprint density at radius 1 is 1.15 bits per heavy atom. The van der Waals surface area contributed by atoms with Crippen molar-refractivity contribution in [3.8, 4) is 0 Å². The van der Waals surface area contributed by atoms with Crippen LogP contribution in [0, 0.1) is 0 Å². The molecule has 3 aromatic rings. The van der Waals surface area contributed by atoms with Crippen molar-refractivity contribution < 1.29 is 14.3 Å². The van der Waals surface area contributed by atoms with E-state index >= 15 is 0 Å². The summed E-state index contributed by atoms with van der Waals surface area (Å²) >= 11 is 0. The zero-order valence-corrected chi connectivity index (χ0v) is 23.1. The molecule has 1 atom stereocenters. The van der Waals surface area contributed by atoms with Gasteiger partial charge in [-0.15, -0.1) is 0 Å². The number of benzene rings is 1. The van der Waals surface area contributed by atoms with E-state index in [1.54, 1.807) is 14.1 Å². The molecule has 206 valence electrons. The third-order valence-corrected chi connectivity index (χ3v) is 7.25. The number of nitrogens with zero attached hydrogens (tertiary/aromatic N) is 5. The van der Waals surface area contributed by atoms with Crippen LogP contribution in [0.25, 0.3) is 0 Å². The number of amides is 3. The minimum absolute atomic E-state index is 0.145. The Kier molecular flexibility index (Phi) is 7.83. The van der Waals surface area contributed by atoms with Crippen LogP contribution in [0.3, 0.4) is 0 Å². The first kappa shape index (κ1) is 26.7. The molecule has 5 rings (SSSR count). The highest BCUT2D eigenvalue weighted by Gasteiger charge is 2.29. The summed E-state index contributed by atoms with van der Waals surface area (Å²) < 4.78 is 7.78. The fourth-order valence-corrected chi connectivity index (χ4v) is 5.07. The summed E-state index contributed by atoms with van der Waals surface area (Å²) in [5, 5.41) is 10.6. The number of carbonyl (C=O) groups is 2. The van der Waals surface area contributed by atoms with E-state index in [4.69, 9.17) is 14.8 Å². The van der Waals surface area contributed by atoms with Crippen LogP contribution >= 0.6 is 0 Å². The van der Waals surface area contributed by atoms with Gasteiger partial charge in [-0.05, 0) is 56.0 Å². The van der Waals surface area contributed by atoms with Gasteiger partial charge in [0.15, 0.2) is 5.69 Å². The standard InChI is InChI=1S/C29H37N7O3/c1-19(2)36-24-13-14-35(26-12-9-21(17-30-26)25-6-5-15-39-25)18-23(24)27(33-36)28(37)31-16-20-7-10-22(11-8-20)32-29(38)34(3)4/h7-12,17,19,25H,5-6,13-16,18H2,1-4H3,(H,31,37)(H,32,38). The first-order chi connectivity index (χ1) is 18.8. The molecular formula is C29H37N7O3. The molecule has 0 saturated carbocycles. The second kappa shape index (κ2) is 11.4. The summed E-state index contributed by atoms with van der Waals surface area (Å²) in [4.78, 5) is 33.6. The van der Waals surface area contributed by atoms with Crippen LogP contribution < -0.4 is 15.5 Å². The smallest absolute Gasteiger partial charge is 0.321 e. The van der Waals surface area contributed by atoms with Gasteiger partial charge in [-0.2, -0.15) is 5.10 Å². The van der Waals surface area contributed by atoms with Crippen LogP contribution in [0.1, 0.15) is 71.7 Å². The van der Waals surface area contributed by atoms with Gasteiger partial charge < -0.3 is 25.2 Å². The maximum atomic E-state index is 13.4. The van der Waals surface area contributed by atoms with Gasteiger partial charge in [0.25, 0.3) is 5.91 Å². The van der Waals surface area contributed by atoms with Gasteiger partial charge in [0, 0.05) is 75.9 Å². The number of fused-ring (bicyclic) bond motifs is 1. The highest BCUT2D eigenvalue weighted by atomic mass is 16.5. The van der Waals surface area contributed by atoms with Crippen molar-refractivity contribution >= 4 is 23.4 Å². The Balaban J connectivity index is 1.28. The number of pyridine rings is 1. The lowest BCUT2D eigenvalue weighted by Crippen LogP contribution is -2.33. The van der Waals surface area contributed by atoms with E-state index in [1.165, 1.54) is 4.90 Å². The molecule has 3 amide bonds. The lowest BCUT2D eigenvalue weighted by Gasteiger charge is -2.29. The van der Waals surface area contributed by atoms with Crippen LogP contribution in [-0.4, -0.2) is 58.8 Å². The fraction of sp³-hybridized carbons (Fsp3) is 0.448. The van der Waals surface area contributed by atoms with E-state index in [-0.39, 0.29) is 24.1 Å². The first-order valence-corrected chi connectivity index (χ1v) is 13.6. The number of ether oxygens (including phenoxy) is 1. The second-order valence-corrected chi connectivity index (χ2v) is 10.6. The Morgan fingerprint density at radius 3 is 2.59 bits per heavy atom. The molecule has 2 aromatic heterocycles. The van der Waals surface area contributed by atoms with Crippen LogP contribution in [-0.2, 0) is 24.2 Å². The largest absolute Gasteiger partial charge is 0.373 e. The molecule has 1 unspecified atom stereocenters. The number of rotatable bonds is 7. The molecule has 1 saturated heterocycles. The average Bonchev–Trinajstić information content (AvgIpc) is 3.61. The molecule has 0 aliphatic carbocycles. The van der Waals surface area contributed by atoms with Gasteiger partial charge >= 0.3 is 6.03 Å². The van der Waals surface area contributed by atoms with Crippen molar-refractivity contribution in [2.24, 2.45) is 0 Å². The predicted octanol–water partition coefficient (Wildman–Crippen LogP) is 4.30. The van der Waals surface area contributed by atoms with Crippen molar-refractivity contribution in [2.45, 2.75) is 58.3 Å². The monoisotopic (exact) mass is 531 g/mol. The highest BCUT2D eigenvalue weighted by Crippen LogP contribution is 2.31. The van der Waals surface area contributed by atoms with E-state index < -0.39 is 0 Å². The van der Waals surface area contributed by atoms with Crippen LogP contribution in [0.4, 0.5) is 16.3 Å². The lowest BCUT2D eigenvalue weighted by molar-refractivity contribution is 0.0944. The summed E-state index contributed by atoms with van der Waals surface area (Å²) in [7, 11) is 3.38. The average molecular weight is 532 g/mol. The number of urea groups is 1. The summed E-state index contributed by atoms with van der Waals surface area (Å²) in [5.74, 6) is 0.701. The van der Waals surface area contributed by atoms with Gasteiger partial charge in [0.2, 0.25) is 0 Å². The lowest BCUT2D eigenvalue weighted by atomic mass is 10.0. The minimum atomic E-state index is -0.195. The number of hydrogen-bond donors (Lipinski definition) is 2. The molecular weight excluding hydrogens is 494 g/mol. The maximum Gasteiger partial charge on any atom is 0.321 e. The molecule has 10 heteroatoms. The van der Waals surface area contributed by atoms with Crippen LogP contribution in [0.15, 0.2) is 42.6 Å². The minimum Gasteiger partial charge on any atom is -0.373 e. The first-order valence-electron chi connectivity index (χ1n) is 13.6. The molecule has 2 aliphatic rings. The summed E-state index contributed by atoms with van der Waals surface area (Å²) in [5.41, 5.74) is 5.29. The highest BCUT2D eigenvalue weighted by molar-refractivity contribution is 5.94. The topological polar surface area (TPSA) is 105 Å². The van der Waals surface area contributed by atoms with Crippen molar-refractivity contribution in [1.29, 1.82) is 0 Å². The zero-order valence-electron chi connectivity index (χ0n) is 23.1. The molecule has 10 nitrogen and oxygen atoms in total. The molecule has 0 bridgehead atoms. The Hall–Kier alpha value is -3.92. The summed E-state index contributed by atoms with van der Waals surface area (Å²) in [6.07, 6.45) is 4.99. The van der Waals surface area contributed by atoms with Gasteiger partial charge in [0.1, 0.15) is 5.82 Å². The van der Waals surface area contributed by atoms with Crippen molar-refractivity contribution in [3.05, 3.63) is 70.7 Å². The molecule has 1 aromatic carbocycles. The molecule has 2 N–H and O–H groups in total. The zero-order chi connectivity index (χ0) is 27.5. The van der Waals surface area contributed by atoms with Gasteiger partial charge in [0.05, 0.1) is 6.10 Å². The van der Waals surface area contributed by atoms with Gasteiger partial charge in [-0.3, -0.25) is 9.48 Å². The Morgan fingerprint density at radius 2 is 1.95 bits per heavy atom. The quantitative estimate of drug-likeness (QED) is 0.471. The van der Waals surface area contributed by atoms with Crippen molar-refractivity contribution in [2.75, 3.05) is 37.5 Å². The van der Waals surface area contributed by atoms with E-state index in [2.05, 4.69) is 41.5 Å². The summed E-state index contributed by atoms with van der Waals surface area (Å²) in [6.45, 7) is 6.74. The Labute approximate surface area is 229 Å². The molecule has 0 spiro atoms. The second-order valence-electron chi connectivity index (χ2n) is 10.6. The van der Waals surface area contributed by atoms with Crippen LogP contribution in [0.2, 0.25) is 0 Å². The van der Waals surface area contributed by atoms with Gasteiger partial charge in [-0.25, -0.2) is 9.78 Å². The normalized spacial score (nSPS) is 16.7. The maximum absolute atomic E-state index is 13.4.